The van der Waals surface area contributed by atoms with Crippen LogP contribution in [0.3, 0.4) is 0 Å². The van der Waals surface area contributed by atoms with E-state index in [1.54, 1.807) is 13.1 Å². The molecule has 0 unspecified atom stereocenters. The van der Waals surface area contributed by atoms with Gasteiger partial charge in [-0.2, -0.15) is 5.10 Å². The van der Waals surface area contributed by atoms with E-state index in [1.807, 2.05) is 13.8 Å². The van der Waals surface area contributed by atoms with Crippen molar-refractivity contribution in [3.63, 3.8) is 0 Å². The molecule has 40 heavy (non-hydrogen) atoms. The fourth-order valence-corrected chi connectivity index (χ4v) is 4.69. The molecule has 0 aliphatic rings. The first-order valence-corrected chi connectivity index (χ1v) is 12.9. The second-order valence-electron chi connectivity index (χ2n) is 10.0. The summed E-state index contributed by atoms with van der Waals surface area (Å²) in [5.74, 6) is -2.98. The van der Waals surface area contributed by atoms with Gasteiger partial charge in [0.15, 0.2) is 17.3 Å². The van der Waals surface area contributed by atoms with Gasteiger partial charge in [-0.3, -0.25) is 4.79 Å². The average Bonchev–Trinajstić information content (AvgIpc) is 3.26. The minimum atomic E-state index is -1.42. The topological polar surface area (TPSA) is 128 Å². The van der Waals surface area contributed by atoms with Crippen molar-refractivity contribution in [3.8, 4) is 11.4 Å². The summed E-state index contributed by atoms with van der Waals surface area (Å²) in [6, 6.07) is 10.0. The Labute approximate surface area is 231 Å². The molecule has 1 amide bonds. The maximum absolute atomic E-state index is 14.2. The molecule has 1 aromatic heterocycles. The quantitative estimate of drug-likeness (QED) is 0.330. The first-order valence-electron chi connectivity index (χ1n) is 12.9. The summed E-state index contributed by atoms with van der Waals surface area (Å²) < 4.78 is 34.6. The van der Waals surface area contributed by atoms with E-state index in [-0.39, 0.29) is 43.2 Å². The molecule has 3 rings (SSSR count). The highest BCUT2D eigenvalue weighted by Gasteiger charge is 2.28. The number of carboxylic acids is 1. The highest BCUT2D eigenvalue weighted by molar-refractivity contribution is 5.94. The van der Waals surface area contributed by atoms with Crippen LogP contribution < -0.4 is 9.84 Å². The van der Waals surface area contributed by atoms with Gasteiger partial charge >= 0.3 is 0 Å². The lowest BCUT2D eigenvalue weighted by Gasteiger charge is -2.20. The number of methoxy groups -OCH3 is 1. The van der Waals surface area contributed by atoms with E-state index < -0.39 is 42.1 Å². The number of aliphatic hydroxyl groups is 2. The summed E-state index contributed by atoms with van der Waals surface area (Å²) >= 11 is 0. The first kappa shape index (κ1) is 30.7. The van der Waals surface area contributed by atoms with Crippen molar-refractivity contribution < 1.29 is 38.4 Å². The van der Waals surface area contributed by atoms with Crippen molar-refractivity contribution in [2.45, 2.75) is 64.2 Å². The third kappa shape index (κ3) is 7.42. The average molecular weight is 559 g/mol. The Morgan fingerprint density at radius 3 is 2.38 bits per heavy atom. The summed E-state index contributed by atoms with van der Waals surface area (Å²) in [6.45, 7) is 3.83. The van der Waals surface area contributed by atoms with E-state index in [9.17, 15) is 33.7 Å². The van der Waals surface area contributed by atoms with Gasteiger partial charge in [0, 0.05) is 42.8 Å². The van der Waals surface area contributed by atoms with Gasteiger partial charge in [-0.05, 0) is 55.5 Å². The summed E-state index contributed by atoms with van der Waals surface area (Å²) in [4.78, 5) is 25.9. The number of nitrogens with zero attached hydrogens (tertiary/aromatic N) is 3. The van der Waals surface area contributed by atoms with Crippen molar-refractivity contribution in [2.24, 2.45) is 0 Å². The van der Waals surface area contributed by atoms with Gasteiger partial charge in [0.2, 0.25) is 0 Å². The number of hydrogen-bond donors (Lipinski definition) is 2. The molecule has 216 valence electrons. The molecule has 2 aromatic carbocycles. The number of rotatable bonds is 13. The van der Waals surface area contributed by atoms with E-state index >= 15 is 0 Å². The fourth-order valence-electron chi connectivity index (χ4n) is 4.69. The number of aliphatic carboxylic acids is 1. The van der Waals surface area contributed by atoms with E-state index in [2.05, 4.69) is 5.10 Å². The van der Waals surface area contributed by atoms with E-state index in [4.69, 9.17) is 4.74 Å². The summed E-state index contributed by atoms with van der Waals surface area (Å²) in [5, 5.41) is 35.7. The van der Waals surface area contributed by atoms with Gasteiger partial charge in [0.25, 0.3) is 5.91 Å². The lowest BCUT2D eigenvalue weighted by molar-refractivity contribution is -0.307. The molecule has 0 bridgehead atoms. The van der Waals surface area contributed by atoms with Gasteiger partial charge in [-0.15, -0.1) is 0 Å². The van der Waals surface area contributed by atoms with Crippen LogP contribution in [-0.2, 0) is 17.8 Å². The van der Waals surface area contributed by atoms with E-state index in [0.717, 1.165) is 0 Å². The summed E-state index contributed by atoms with van der Waals surface area (Å²) in [7, 11) is 2.92. The number of para-hydroxylation sites is 1. The number of carbonyl (C=O) groups is 2. The van der Waals surface area contributed by atoms with Crippen molar-refractivity contribution in [2.75, 3.05) is 14.2 Å². The SMILES string of the molecule is COc1c(F)cccc1CN(C)C(=O)c1nn(-c2ccc(F)cc2)c(CC[C@@H](O)C[C@@H](O)CC(=O)[O-])c1C(C)C. The molecular weight excluding hydrogens is 524 g/mol. The number of carbonyl (C=O) groups excluding carboxylic acids is 2. The molecule has 9 nitrogen and oxygen atoms in total. The van der Waals surface area contributed by atoms with Gasteiger partial charge in [-0.1, -0.05) is 26.0 Å². The molecule has 0 fully saturated rings. The molecule has 0 saturated carbocycles. The Kier molecular flexibility index (Phi) is 10.4. The number of aliphatic hydroxyl groups excluding tert-OH is 2. The highest BCUT2D eigenvalue weighted by Crippen LogP contribution is 2.30. The Morgan fingerprint density at radius 2 is 1.77 bits per heavy atom. The Balaban J connectivity index is 1.98. The van der Waals surface area contributed by atoms with Gasteiger partial charge in [0.1, 0.15) is 5.82 Å². The molecule has 0 spiro atoms. The number of halogens is 2. The molecule has 11 heteroatoms. The molecule has 1 heterocycles. The number of hydrogen-bond acceptors (Lipinski definition) is 7. The normalized spacial score (nSPS) is 12.8. The third-order valence-corrected chi connectivity index (χ3v) is 6.54. The van der Waals surface area contributed by atoms with Gasteiger partial charge in [-0.25, -0.2) is 13.5 Å². The van der Waals surface area contributed by atoms with Gasteiger partial charge in [0.05, 0.1) is 25.0 Å². The van der Waals surface area contributed by atoms with Gasteiger partial charge < -0.3 is 29.8 Å². The van der Waals surface area contributed by atoms with Crippen LogP contribution in [0.15, 0.2) is 42.5 Å². The molecule has 3 aromatic rings. The largest absolute Gasteiger partial charge is 0.550 e. The van der Waals surface area contributed by atoms with E-state index in [1.165, 1.54) is 53.1 Å². The minimum absolute atomic E-state index is 0.0404. The minimum Gasteiger partial charge on any atom is -0.550 e. The van der Waals surface area contributed by atoms with E-state index in [0.29, 0.717) is 22.5 Å². The molecular formula is C29H34F2N3O6-. The highest BCUT2D eigenvalue weighted by atomic mass is 19.1. The number of ether oxygens (including phenoxy) is 1. The Hall–Kier alpha value is -3.83. The lowest BCUT2D eigenvalue weighted by atomic mass is 9.95. The number of aromatic nitrogens is 2. The van der Waals surface area contributed by atoms with Crippen LogP contribution in [0.1, 0.15) is 66.3 Å². The standard InChI is InChI=1S/C29H35F2N3O6/c1-17(2)26-24(13-12-21(35)14-22(36)15-25(37)38)34(20-10-8-19(30)9-11-20)32-27(26)29(39)33(3)16-18-6-5-7-23(31)28(18)40-4/h5-11,17,21-22,35-36H,12-16H2,1-4H3,(H,37,38)/p-1/t21-,22-/m1/s1. The maximum atomic E-state index is 14.2. The fraction of sp³-hybridized carbons (Fsp3) is 0.414. The second-order valence-corrected chi connectivity index (χ2v) is 10.0. The number of benzene rings is 2. The first-order chi connectivity index (χ1) is 18.9. The third-order valence-electron chi connectivity index (χ3n) is 6.54. The summed E-state index contributed by atoms with van der Waals surface area (Å²) in [5.41, 5.74) is 2.35. The maximum Gasteiger partial charge on any atom is 0.274 e. The van der Waals surface area contributed by atoms with Crippen molar-refractivity contribution in [3.05, 3.63) is 76.6 Å². The van der Waals surface area contributed by atoms with Crippen LogP contribution in [-0.4, -0.2) is 63.1 Å². The van der Waals surface area contributed by atoms with Crippen LogP contribution >= 0.6 is 0 Å². The number of amides is 1. The molecule has 2 atom stereocenters. The molecule has 0 radical (unpaired) electrons. The molecule has 0 aliphatic heterocycles. The van der Waals surface area contributed by atoms with Crippen LogP contribution in [0.25, 0.3) is 5.69 Å². The zero-order chi connectivity index (χ0) is 29.6. The zero-order valence-corrected chi connectivity index (χ0v) is 22.9. The monoisotopic (exact) mass is 558 g/mol. The van der Waals surface area contributed by atoms with Crippen molar-refractivity contribution >= 4 is 11.9 Å². The smallest absolute Gasteiger partial charge is 0.274 e. The zero-order valence-electron chi connectivity index (χ0n) is 22.9. The van der Waals surface area contributed by atoms with Crippen LogP contribution in [0, 0.1) is 11.6 Å². The summed E-state index contributed by atoms with van der Waals surface area (Å²) in [6.07, 6.45) is -2.69. The molecule has 0 saturated heterocycles. The predicted molar refractivity (Wildman–Crippen MR) is 141 cm³/mol. The Bertz CT molecular complexity index is 1330. The second kappa shape index (κ2) is 13.5. The molecule has 2 N–H and O–H groups in total. The van der Waals surface area contributed by atoms with Crippen molar-refractivity contribution in [1.29, 1.82) is 0 Å². The number of carboxylic acid groups (broad SMARTS) is 1. The van der Waals surface area contributed by atoms with Crippen molar-refractivity contribution in [1.82, 2.24) is 14.7 Å². The lowest BCUT2D eigenvalue weighted by Crippen LogP contribution is -2.29. The van der Waals surface area contributed by atoms with Crippen LogP contribution in [0.2, 0.25) is 0 Å². The molecule has 0 aliphatic carbocycles. The van der Waals surface area contributed by atoms with Crippen LogP contribution in [0.5, 0.6) is 5.75 Å². The predicted octanol–water partition coefficient (Wildman–Crippen LogP) is 2.74. The Morgan fingerprint density at radius 1 is 1.10 bits per heavy atom. The van der Waals surface area contributed by atoms with Crippen LogP contribution in [0.4, 0.5) is 8.78 Å².